The summed E-state index contributed by atoms with van der Waals surface area (Å²) in [4.78, 5) is 0. The van der Waals surface area contributed by atoms with Crippen LogP contribution in [-0.2, 0) is 6.61 Å². The van der Waals surface area contributed by atoms with E-state index < -0.39 is 0 Å². The Morgan fingerprint density at radius 2 is 1.95 bits per heavy atom. The molecule has 108 valence electrons. The molecule has 0 saturated heterocycles. The Kier molecular flexibility index (Phi) is 4.17. The summed E-state index contributed by atoms with van der Waals surface area (Å²) < 4.78 is 12.1. The number of nitrogens with zero attached hydrogens (tertiary/aromatic N) is 3. The van der Waals surface area contributed by atoms with Gasteiger partial charge in [0.1, 0.15) is 5.75 Å². The Bertz CT molecular complexity index is 822. The fraction of sp³-hybridized carbons (Fsp3) is 0.0625. The van der Waals surface area contributed by atoms with Crippen molar-refractivity contribution in [1.29, 1.82) is 5.26 Å². The average Bonchev–Trinajstić information content (AvgIpc) is 3.03. The second-order valence-corrected chi connectivity index (χ2v) is 5.35. The maximum atomic E-state index is 8.85. The molecule has 0 N–H and O–H groups in total. The monoisotopic (exact) mass is 355 g/mol. The van der Waals surface area contributed by atoms with Gasteiger partial charge in [0.05, 0.1) is 11.6 Å². The molecule has 0 radical (unpaired) electrons. The molecule has 0 atom stereocenters. The molecule has 3 aromatic rings. The number of nitriles is 1. The zero-order valence-corrected chi connectivity index (χ0v) is 12.9. The minimum Gasteiger partial charge on any atom is -0.484 e. The first-order valence-electron chi connectivity index (χ1n) is 6.46. The second-order valence-electron chi connectivity index (χ2n) is 4.44. The number of halogens is 1. The molecule has 0 fully saturated rings. The highest BCUT2D eigenvalue weighted by Gasteiger charge is 2.09. The van der Waals surface area contributed by atoms with Crippen LogP contribution in [0.3, 0.4) is 0 Å². The van der Waals surface area contributed by atoms with Crippen LogP contribution >= 0.6 is 15.9 Å². The van der Waals surface area contributed by atoms with Crippen molar-refractivity contribution in [3.8, 4) is 23.3 Å². The smallest absolute Gasteiger partial charge is 0.254 e. The number of hydrogen-bond donors (Lipinski definition) is 0. The van der Waals surface area contributed by atoms with Gasteiger partial charge in [0, 0.05) is 10.0 Å². The van der Waals surface area contributed by atoms with Crippen LogP contribution < -0.4 is 4.74 Å². The molecule has 1 aromatic heterocycles. The summed E-state index contributed by atoms with van der Waals surface area (Å²) in [6.45, 7) is 0.151. The first-order chi connectivity index (χ1) is 10.7. The Morgan fingerprint density at radius 1 is 1.14 bits per heavy atom. The van der Waals surface area contributed by atoms with Crippen LogP contribution in [0.15, 0.2) is 57.4 Å². The molecule has 6 heteroatoms. The van der Waals surface area contributed by atoms with E-state index in [2.05, 4.69) is 32.2 Å². The topological polar surface area (TPSA) is 71.9 Å². The van der Waals surface area contributed by atoms with Crippen molar-refractivity contribution in [2.45, 2.75) is 6.61 Å². The number of ether oxygens (including phenoxy) is 1. The molecule has 0 spiro atoms. The summed E-state index contributed by atoms with van der Waals surface area (Å²) in [5.41, 5.74) is 1.38. The lowest BCUT2D eigenvalue weighted by Gasteiger charge is -2.02. The molecule has 3 rings (SSSR count). The standard InChI is InChI=1S/C16H10BrN3O2/c17-13-6-4-12(5-7-13)16-20-19-15(22-16)10-21-14-3-1-2-11(8-14)9-18/h1-8H,10H2. The fourth-order valence-electron chi connectivity index (χ4n) is 1.82. The predicted molar refractivity (Wildman–Crippen MR) is 82.9 cm³/mol. The summed E-state index contributed by atoms with van der Waals surface area (Å²) in [5, 5.41) is 16.8. The molecule has 0 aliphatic rings. The van der Waals surface area contributed by atoms with Gasteiger partial charge < -0.3 is 9.15 Å². The Balaban J connectivity index is 1.69. The van der Waals surface area contributed by atoms with Crippen LogP contribution in [0.5, 0.6) is 5.75 Å². The van der Waals surface area contributed by atoms with Gasteiger partial charge >= 0.3 is 0 Å². The van der Waals surface area contributed by atoms with Crippen LogP contribution in [-0.4, -0.2) is 10.2 Å². The van der Waals surface area contributed by atoms with Crippen molar-refractivity contribution in [3.05, 3.63) is 64.5 Å². The SMILES string of the molecule is N#Cc1cccc(OCc2nnc(-c3ccc(Br)cc3)o2)c1. The Labute approximate surface area is 135 Å². The van der Waals surface area contributed by atoms with Gasteiger partial charge in [-0.3, -0.25) is 0 Å². The number of hydrogen-bond acceptors (Lipinski definition) is 5. The fourth-order valence-corrected chi connectivity index (χ4v) is 2.09. The maximum absolute atomic E-state index is 8.85. The third-order valence-electron chi connectivity index (χ3n) is 2.88. The summed E-state index contributed by atoms with van der Waals surface area (Å²) in [5.74, 6) is 1.40. The van der Waals surface area contributed by atoms with E-state index in [1.54, 1.807) is 24.3 Å². The summed E-state index contributed by atoms with van der Waals surface area (Å²) in [6, 6.07) is 16.5. The van der Waals surface area contributed by atoms with Gasteiger partial charge in [0.15, 0.2) is 6.61 Å². The van der Waals surface area contributed by atoms with E-state index in [1.165, 1.54) is 0 Å². The van der Waals surface area contributed by atoms with Gasteiger partial charge in [0.2, 0.25) is 5.89 Å². The van der Waals surface area contributed by atoms with E-state index in [9.17, 15) is 0 Å². The van der Waals surface area contributed by atoms with E-state index in [0.29, 0.717) is 23.1 Å². The van der Waals surface area contributed by atoms with Crippen molar-refractivity contribution < 1.29 is 9.15 Å². The lowest BCUT2D eigenvalue weighted by molar-refractivity contribution is 0.264. The highest BCUT2D eigenvalue weighted by Crippen LogP contribution is 2.21. The van der Waals surface area contributed by atoms with Crippen LogP contribution in [0.4, 0.5) is 0 Å². The van der Waals surface area contributed by atoms with Gasteiger partial charge in [-0.05, 0) is 42.5 Å². The zero-order valence-electron chi connectivity index (χ0n) is 11.4. The lowest BCUT2D eigenvalue weighted by atomic mass is 10.2. The molecule has 1 heterocycles. The van der Waals surface area contributed by atoms with E-state index in [-0.39, 0.29) is 6.61 Å². The van der Waals surface area contributed by atoms with Gasteiger partial charge in [-0.1, -0.05) is 22.0 Å². The average molecular weight is 356 g/mol. The molecule has 0 amide bonds. The molecule has 0 aliphatic heterocycles. The summed E-state index contributed by atoms with van der Waals surface area (Å²) >= 11 is 3.38. The van der Waals surface area contributed by atoms with E-state index >= 15 is 0 Å². The van der Waals surface area contributed by atoms with Gasteiger partial charge in [-0.25, -0.2) is 0 Å². The molecule has 22 heavy (non-hydrogen) atoms. The van der Waals surface area contributed by atoms with E-state index in [1.807, 2.05) is 24.3 Å². The van der Waals surface area contributed by atoms with Crippen LogP contribution in [0, 0.1) is 11.3 Å². The van der Waals surface area contributed by atoms with Crippen molar-refractivity contribution in [1.82, 2.24) is 10.2 Å². The molecular weight excluding hydrogens is 346 g/mol. The number of benzene rings is 2. The Morgan fingerprint density at radius 3 is 2.73 bits per heavy atom. The molecule has 0 bridgehead atoms. The second kappa shape index (κ2) is 6.41. The number of aromatic nitrogens is 2. The quantitative estimate of drug-likeness (QED) is 0.708. The largest absolute Gasteiger partial charge is 0.484 e. The van der Waals surface area contributed by atoms with E-state index in [0.717, 1.165) is 10.0 Å². The number of rotatable bonds is 4. The van der Waals surface area contributed by atoms with Gasteiger partial charge in [0.25, 0.3) is 5.89 Å². The minimum atomic E-state index is 0.151. The zero-order chi connectivity index (χ0) is 15.4. The van der Waals surface area contributed by atoms with E-state index in [4.69, 9.17) is 14.4 Å². The highest BCUT2D eigenvalue weighted by atomic mass is 79.9. The first-order valence-corrected chi connectivity index (χ1v) is 7.25. The molecule has 0 saturated carbocycles. The third kappa shape index (κ3) is 3.32. The van der Waals surface area contributed by atoms with Crippen LogP contribution in [0.25, 0.3) is 11.5 Å². The lowest BCUT2D eigenvalue weighted by Crippen LogP contribution is -1.95. The first kappa shape index (κ1) is 14.3. The van der Waals surface area contributed by atoms with Crippen molar-refractivity contribution in [2.24, 2.45) is 0 Å². The van der Waals surface area contributed by atoms with Gasteiger partial charge in [-0.15, -0.1) is 10.2 Å². The summed E-state index contributed by atoms with van der Waals surface area (Å²) in [7, 11) is 0. The molecule has 0 unspecified atom stereocenters. The molecule has 5 nitrogen and oxygen atoms in total. The summed E-state index contributed by atoms with van der Waals surface area (Å²) in [6.07, 6.45) is 0. The molecule has 2 aromatic carbocycles. The minimum absolute atomic E-state index is 0.151. The van der Waals surface area contributed by atoms with Gasteiger partial charge in [-0.2, -0.15) is 5.26 Å². The molecule has 0 aliphatic carbocycles. The normalized spacial score (nSPS) is 10.2. The van der Waals surface area contributed by atoms with Crippen molar-refractivity contribution in [3.63, 3.8) is 0 Å². The maximum Gasteiger partial charge on any atom is 0.254 e. The van der Waals surface area contributed by atoms with Crippen molar-refractivity contribution >= 4 is 15.9 Å². The third-order valence-corrected chi connectivity index (χ3v) is 3.41. The molecular formula is C16H10BrN3O2. The highest BCUT2D eigenvalue weighted by molar-refractivity contribution is 9.10. The van der Waals surface area contributed by atoms with Crippen molar-refractivity contribution in [2.75, 3.05) is 0 Å². The predicted octanol–water partition coefficient (Wildman–Crippen LogP) is 3.95. The van der Waals surface area contributed by atoms with Crippen LogP contribution in [0.2, 0.25) is 0 Å². The van der Waals surface area contributed by atoms with Crippen LogP contribution in [0.1, 0.15) is 11.5 Å². The Hall–Kier alpha value is -2.65.